The van der Waals surface area contributed by atoms with E-state index in [9.17, 15) is 4.39 Å². The molecule has 0 unspecified atom stereocenters. The third-order valence-electron chi connectivity index (χ3n) is 3.96. The molecule has 0 spiro atoms. The van der Waals surface area contributed by atoms with Crippen molar-refractivity contribution in [1.29, 1.82) is 0 Å². The lowest BCUT2D eigenvalue weighted by Gasteiger charge is -2.27. The van der Waals surface area contributed by atoms with Gasteiger partial charge in [0.2, 0.25) is 0 Å². The first-order valence-corrected chi connectivity index (χ1v) is 9.66. The SMILES string of the molecule is COc1ccc(Br)cc1CSc1ccc(F)cc1C1NCCCN1. The minimum Gasteiger partial charge on any atom is -0.496 e. The van der Waals surface area contributed by atoms with Gasteiger partial charge >= 0.3 is 0 Å². The van der Waals surface area contributed by atoms with E-state index in [0.29, 0.717) is 0 Å². The van der Waals surface area contributed by atoms with Crippen LogP contribution in [0.4, 0.5) is 4.39 Å². The summed E-state index contributed by atoms with van der Waals surface area (Å²) in [6.45, 7) is 1.88. The Labute approximate surface area is 154 Å². The third-order valence-corrected chi connectivity index (χ3v) is 5.59. The molecule has 128 valence electrons. The van der Waals surface area contributed by atoms with E-state index in [1.54, 1.807) is 24.9 Å². The van der Waals surface area contributed by atoms with E-state index in [4.69, 9.17) is 4.74 Å². The van der Waals surface area contributed by atoms with Gasteiger partial charge in [-0.1, -0.05) is 15.9 Å². The molecule has 3 rings (SSSR count). The topological polar surface area (TPSA) is 33.3 Å². The van der Waals surface area contributed by atoms with E-state index in [2.05, 4.69) is 32.6 Å². The molecule has 2 aromatic carbocycles. The zero-order chi connectivity index (χ0) is 16.9. The Morgan fingerprint density at radius 2 is 2.00 bits per heavy atom. The lowest BCUT2D eigenvalue weighted by molar-refractivity contribution is 0.374. The molecule has 2 aromatic rings. The normalized spacial score (nSPS) is 15.5. The number of rotatable bonds is 5. The van der Waals surface area contributed by atoms with Crippen molar-refractivity contribution in [3.63, 3.8) is 0 Å². The van der Waals surface area contributed by atoms with Crippen LogP contribution in [-0.2, 0) is 5.75 Å². The Morgan fingerprint density at radius 1 is 1.21 bits per heavy atom. The summed E-state index contributed by atoms with van der Waals surface area (Å²) in [7, 11) is 1.68. The minimum atomic E-state index is -0.205. The summed E-state index contributed by atoms with van der Waals surface area (Å²) in [6.07, 6.45) is 1.09. The smallest absolute Gasteiger partial charge is 0.123 e. The largest absolute Gasteiger partial charge is 0.496 e. The number of ether oxygens (including phenoxy) is 1. The third kappa shape index (κ3) is 4.30. The number of nitrogens with one attached hydrogen (secondary N) is 2. The van der Waals surface area contributed by atoms with Crippen LogP contribution in [-0.4, -0.2) is 20.2 Å². The number of hydrogen-bond acceptors (Lipinski definition) is 4. The Hall–Kier alpha value is -1.08. The van der Waals surface area contributed by atoms with Gasteiger partial charge in [-0.25, -0.2) is 4.39 Å². The van der Waals surface area contributed by atoms with Crippen LogP contribution in [0, 0.1) is 5.82 Å². The molecule has 0 aliphatic carbocycles. The molecule has 0 atom stereocenters. The maximum atomic E-state index is 13.7. The van der Waals surface area contributed by atoms with Crippen molar-refractivity contribution in [1.82, 2.24) is 10.6 Å². The van der Waals surface area contributed by atoms with Crippen molar-refractivity contribution >= 4 is 27.7 Å². The van der Waals surface area contributed by atoms with Crippen LogP contribution >= 0.6 is 27.7 Å². The fourth-order valence-corrected chi connectivity index (χ4v) is 4.22. The second kappa shape index (κ2) is 8.34. The molecule has 1 saturated heterocycles. The van der Waals surface area contributed by atoms with Gasteiger partial charge in [-0.05, 0) is 61.5 Å². The van der Waals surface area contributed by atoms with Gasteiger partial charge in [0.15, 0.2) is 0 Å². The summed E-state index contributed by atoms with van der Waals surface area (Å²) >= 11 is 5.20. The van der Waals surface area contributed by atoms with Gasteiger partial charge in [-0.2, -0.15) is 0 Å². The molecular weight excluding hydrogens is 391 g/mol. The van der Waals surface area contributed by atoms with Crippen LogP contribution < -0.4 is 15.4 Å². The predicted octanol–water partition coefficient (Wildman–Crippen LogP) is 4.47. The van der Waals surface area contributed by atoms with Gasteiger partial charge in [0.1, 0.15) is 11.6 Å². The average Bonchev–Trinajstić information content (AvgIpc) is 2.61. The summed E-state index contributed by atoms with van der Waals surface area (Å²) in [6, 6.07) is 11.0. The van der Waals surface area contributed by atoms with Gasteiger partial charge in [0.05, 0.1) is 13.3 Å². The molecular formula is C18H20BrFN2OS. The predicted molar refractivity (Wildman–Crippen MR) is 100 cm³/mol. The maximum Gasteiger partial charge on any atom is 0.123 e. The van der Waals surface area contributed by atoms with Crippen LogP contribution in [0.3, 0.4) is 0 Å². The van der Waals surface area contributed by atoms with Crippen molar-refractivity contribution in [2.45, 2.75) is 23.2 Å². The van der Waals surface area contributed by atoms with Crippen molar-refractivity contribution in [2.75, 3.05) is 20.2 Å². The number of halogens is 2. The van der Waals surface area contributed by atoms with E-state index in [-0.39, 0.29) is 12.0 Å². The number of hydrogen-bond donors (Lipinski definition) is 2. The van der Waals surface area contributed by atoms with Gasteiger partial charge in [-0.15, -0.1) is 11.8 Å². The first kappa shape index (κ1) is 17.7. The fourth-order valence-electron chi connectivity index (χ4n) is 2.77. The molecule has 1 aliphatic rings. The molecule has 2 N–H and O–H groups in total. The molecule has 0 saturated carbocycles. The highest BCUT2D eigenvalue weighted by atomic mass is 79.9. The van der Waals surface area contributed by atoms with Crippen LogP contribution in [0.1, 0.15) is 23.7 Å². The van der Waals surface area contributed by atoms with Crippen molar-refractivity contribution < 1.29 is 9.13 Å². The van der Waals surface area contributed by atoms with E-state index < -0.39 is 0 Å². The minimum absolute atomic E-state index is 0.00125. The Morgan fingerprint density at radius 3 is 2.75 bits per heavy atom. The Balaban J connectivity index is 1.81. The highest BCUT2D eigenvalue weighted by molar-refractivity contribution is 9.10. The molecule has 0 aromatic heterocycles. The maximum absolute atomic E-state index is 13.7. The molecule has 24 heavy (non-hydrogen) atoms. The molecule has 0 radical (unpaired) electrons. The summed E-state index contributed by atoms with van der Waals surface area (Å²) in [4.78, 5) is 1.07. The summed E-state index contributed by atoms with van der Waals surface area (Å²) < 4.78 is 20.2. The molecule has 0 bridgehead atoms. The molecule has 1 heterocycles. The molecule has 0 amide bonds. The monoisotopic (exact) mass is 410 g/mol. The number of benzene rings is 2. The molecule has 1 aliphatic heterocycles. The number of methoxy groups -OCH3 is 1. The highest BCUT2D eigenvalue weighted by Crippen LogP contribution is 2.34. The molecule has 3 nitrogen and oxygen atoms in total. The van der Waals surface area contributed by atoms with Crippen LogP contribution in [0.2, 0.25) is 0 Å². The fraction of sp³-hybridized carbons (Fsp3) is 0.333. The van der Waals surface area contributed by atoms with E-state index >= 15 is 0 Å². The summed E-state index contributed by atoms with van der Waals surface area (Å²) in [5.74, 6) is 1.42. The van der Waals surface area contributed by atoms with Gasteiger partial charge < -0.3 is 4.74 Å². The van der Waals surface area contributed by atoms with Crippen molar-refractivity contribution in [3.05, 3.63) is 57.8 Å². The van der Waals surface area contributed by atoms with Crippen LogP contribution in [0.5, 0.6) is 5.75 Å². The standard InChI is InChI=1S/C18H20BrFN2OS/c1-23-16-5-3-13(19)9-12(16)11-24-17-6-4-14(20)10-15(17)18-21-7-2-8-22-18/h3-6,9-10,18,21-22H,2,7-8,11H2,1H3. The first-order chi connectivity index (χ1) is 11.7. The van der Waals surface area contributed by atoms with Gasteiger partial charge in [-0.3, -0.25) is 10.6 Å². The lowest BCUT2D eigenvalue weighted by Crippen LogP contribution is -2.41. The highest BCUT2D eigenvalue weighted by Gasteiger charge is 2.18. The second-order valence-corrected chi connectivity index (χ2v) is 7.55. The molecule has 6 heteroatoms. The van der Waals surface area contributed by atoms with Gasteiger partial charge in [0.25, 0.3) is 0 Å². The van der Waals surface area contributed by atoms with Gasteiger partial charge in [0, 0.05) is 20.7 Å². The summed E-state index contributed by atoms with van der Waals surface area (Å²) in [5.41, 5.74) is 2.07. The van der Waals surface area contributed by atoms with Crippen molar-refractivity contribution in [3.8, 4) is 5.75 Å². The van der Waals surface area contributed by atoms with E-state index in [1.807, 2.05) is 18.2 Å². The quantitative estimate of drug-likeness (QED) is 0.712. The Kier molecular flexibility index (Phi) is 6.16. The van der Waals surface area contributed by atoms with Crippen LogP contribution in [0.25, 0.3) is 0 Å². The van der Waals surface area contributed by atoms with E-state index in [1.165, 1.54) is 6.07 Å². The average molecular weight is 411 g/mol. The Bertz CT molecular complexity index is 707. The van der Waals surface area contributed by atoms with Crippen LogP contribution in [0.15, 0.2) is 45.8 Å². The lowest BCUT2D eigenvalue weighted by atomic mass is 10.1. The first-order valence-electron chi connectivity index (χ1n) is 7.89. The van der Waals surface area contributed by atoms with Crippen molar-refractivity contribution in [2.24, 2.45) is 0 Å². The molecule has 1 fully saturated rings. The summed E-state index contributed by atoms with van der Waals surface area (Å²) in [5, 5.41) is 6.82. The van der Waals surface area contributed by atoms with E-state index in [0.717, 1.165) is 51.5 Å². The zero-order valence-corrected chi connectivity index (χ0v) is 15.8. The zero-order valence-electron chi connectivity index (χ0n) is 13.4. The number of thioether (sulfide) groups is 1. The second-order valence-electron chi connectivity index (χ2n) is 5.62.